The molecule has 1 aliphatic heterocycles. The first-order chi connectivity index (χ1) is 11.9. The Morgan fingerprint density at radius 2 is 1.76 bits per heavy atom. The van der Waals surface area contributed by atoms with E-state index in [1.807, 2.05) is 0 Å². The minimum Gasteiger partial charge on any atom is -0.492 e. The Bertz CT molecular complexity index is 624. The van der Waals surface area contributed by atoms with E-state index in [0.29, 0.717) is 22.5 Å². The van der Waals surface area contributed by atoms with Crippen molar-refractivity contribution in [3.8, 4) is 0 Å². The van der Waals surface area contributed by atoms with Gasteiger partial charge in [-0.2, -0.15) is 0 Å². The third-order valence-corrected chi connectivity index (χ3v) is 9.92. The van der Waals surface area contributed by atoms with Gasteiger partial charge in [0.2, 0.25) is 0 Å². The number of Topliss-reactive ketones (excluding diaryl/α,β-unsaturated/α-hetero) is 1. The van der Waals surface area contributed by atoms with Crippen LogP contribution in [0.1, 0.15) is 84.5 Å². The third-order valence-electron chi connectivity index (χ3n) is 9.92. The minimum atomic E-state index is 0.0972. The van der Waals surface area contributed by atoms with Gasteiger partial charge in [-0.3, -0.25) is 4.79 Å². The fourth-order valence-corrected chi connectivity index (χ4v) is 8.44. The molecule has 0 aromatic rings. The summed E-state index contributed by atoms with van der Waals surface area (Å²) in [5.74, 6) is 4.76. The molecule has 5 fully saturated rings. The largest absolute Gasteiger partial charge is 0.492 e. The van der Waals surface area contributed by atoms with E-state index < -0.39 is 0 Å². The van der Waals surface area contributed by atoms with E-state index in [1.165, 1.54) is 44.9 Å². The second-order valence-electron chi connectivity index (χ2n) is 10.5. The molecule has 2 nitrogen and oxygen atoms in total. The zero-order chi connectivity index (χ0) is 17.4. The van der Waals surface area contributed by atoms with Gasteiger partial charge in [-0.1, -0.05) is 20.4 Å². The van der Waals surface area contributed by atoms with Crippen molar-refractivity contribution >= 4 is 5.78 Å². The number of carbonyl (C=O) groups excluding carboxylic acids is 1. The van der Waals surface area contributed by atoms with Crippen molar-refractivity contribution in [3.05, 3.63) is 12.3 Å². The Kier molecular flexibility index (Phi) is 3.37. The normalized spacial score (nSPS) is 54.8. The van der Waals surface area contributed by atoms with Gasteiger partial charge in [0.1, 0.15) is 11.4 Å². The van der Waals surface area contributed by atoms with Crippen LogP contribution in [0.25, 0.3) is 0 Å². The highest BCUT2D eigenvalue weighted by Crippen LogP contribution is 2.70. The molecule has 4 aliphatic carbocycles. The molecule has 4 unspecified atom stereocenters. The summed E-state index contributed by atoms with van der Waals surface area (Å²) < 4.78 is 6.47. The van der Waals surface area contributed by atoms with Crippen LogP contribution in [0.3, 0.4) is 0 Å². The van der Waals surface area contributed by atoms with Gasteiger partial charge in [-0.15, -0.1) is 0 Å². The van der Waals surface area contributed by atoms with Crippen LogP contribution in [0.2, 0.25) is 0 Å². The van der Waals surface area contributed by atoms with E-state index in [-0.39, 0.29) is 5.60 Å². The second-order valence-corrected chi connectivity index (χ2v) is 10.5. The summed E-state index contributed by atoms with van der Waals surface area (Å²) in [6.45, 7) is 9.24. The number of ketones is 1. The molecule has 4 saturated carbocycles. The number of ether oxygens (including phenoxy) is 1. The molecular formula is C23H34O2. The Balaban J connectivity index is 1.46. The first-order valence-corrected chi connectivity index (χ1v) is 10.8. The number of allylic oxidation sites excluding steroid dienone is 1. The lowest BCUT2D eigenvalue weighted by molar-refractivity contribution is -0.154. The molecule has 5 aliphatic rings. The highest BCUT2D eigenvalue weighted by atomic mass is 16.5. The fraction of sp³-hybridized carbons (Fsp3) is 0.870. The maximum absolute atomic E-state index is 12.0. The van der Waals surface area contributed by atoms with Crippen LogP contribution in [0, 0.1) is 34.5 Å². The number of fused-ring (bicyclic) bond motifs is 6. The summed E-state index contributed by atoms with van der Waals surface area (Å²) in [6, 6.07) is 0. The van der Waals surface area contributed by atoms with Crippen LogP contribution in [0.15, 0.2) is 12.3 Å². The molecule has 138 valence electrons. The zero-order valence-electron chi connectivity index (χ0n) is 16.1. The summed E-state index contributed by atoms with van der Waals surface area (Å²) in [4.78, 5) is 12.0. The molecule has 2 heteroatoms. The Labute approximate surface area is 152 Å². The first-order valence-electron chi connectivity index (χ1n) is 10.8. The van der Waals surface area contributed by atoms with Crippen molar-refractivity contribution in [1.29, 1.82) is 0 Å². The van der Waals surface area contributed by atoms with Crippen molar-refractivity contribution in [3.63, 3.8) is 0 Å². The van der Waals surface area contributed by atoms with Crippen molar-refractivity contribution in [2.24, 2.45) is 34.5 Å². The lowest BCUT2D eigenvalue weighted by Gasteiger charge is -2.61. The minimum absolute atomic E-state index is 0.0972. The molecule has 1 heterocycles. The molecule has 0 radical (unpaired) electrons. The highest BCUT2D eigenvalue weighted by molar-refractivity contribution is 5.79. The third kappa shape index (κ3) is 2.00. The summed E-state index contributed by atoms with van der Waals surface area (Å²) in [5, 5.41) is 0. The van der Waals surface area contributed by atoms with Crippen LogP contribution >= 0.6 is 0 Å². The molecule has 25 heavy (non-hydrogen) atoms. The summed E-state index contributed by atoms with van der Waals surface area (Å²) in [6.07, 6.45) is 13.0. The molecular weight excluding hydrogens is 308 g/mol. The molecule has 1 spiro atoms. The zero-order valence-corrected chi connectivity index (χ0v) is 16.1. The van der Waals surface area contributed by atoms with Crippen LogP contribution in [0.5, 0.6) is 0 Å². The number of rotatable bonds is 0. The van der Waals surface area contributed by atoms with Crippen LogP contribution in [-0.2, 0) is 9.53 Å². The Hall–Kier alpha value is -0.790. The molecule has 0 bridgehead atoms. The summed E-state index contributed by atoms with van der Waals surface area (Å²) in [5.41, 5.74) is 0.870. The van der Waals surface area contributed by atoms with E-state index in [0.717, 1.165) is 49.2 Å². The average molecular weight is 343 g/mol. The molecule has 0 aromatic carbocycles. The van der Waals surface area contributed by atoms with E-state index >= 15 is 0 Å². The first kappa shape index (κ1) is 16.4. The molecule has 1 saturated heterocycles. The van der Waals surface area contributed by atoms with Gasteiger partial charge in [0, 0.05) is 24.7 Å². The SMILES string of the molecule is C=C1CC[C@@]2(CCC3C4CCC5CC(=O)CC[C@]5(C)C4CC[C@@]32C)O1. The van der Waals surface area contributed by atoms with Crippen molar-refractivity contribution in [2.45, 2.75) is 90.1 Å². The topological polar surface area (TPSA) is 26.3 Å². The van der Waals surface area contributed by atoms with Gasteiger partial charge in [0.05, 0.1) is 5.76 Å². The second kappa shape index (κ2) is 5.14. The lowest BCUT2D eigenvalue weighted by atomic mass is 9.44. The summed E-state index contributed by atoms with van der Waals surface area (Å²) in [7, 11) is 0. The van der Waals surface area contributed by atoms with Crippen molar-refractivity contribution < 1.29 is 9.53 Å². The van der Waals surface area contributed by atoms with E-state index in [9.17, 15) is 4.79 Å². The predicted octanol–water partition coefficient (Wildman–Crippen LogP) is 5.66. The number of carbonyl (C=O) groups is 1. The van der Waals surface area contributed by atoms with E-state index in [2.05, 4.69) is 20.4 Å². The maximum atomic E-state index is 12.0. The standard InChI is InChI=1S/C23H34O2/c1-15-6-12-23(25-15)13-9-20-18-5-4-16-14-17(24)7-10-21(16,2)19(18)8-11-22(20,23)3/h16,18-20H,1,4-14H2,2-3H3/t16?,18?,19?,20?,21-,22-,23-/m0/s1. The van der Waals surface area contributed by atoms with Gasteiger partial charge in [0.15, 0.2) is 0 Å². The van der Waals surface area contributed by atoms with Crippen molar-refractivity contribution in [1.82, 2.24) is 0 Å². The summed E-state index contributed by atoms with van der Waals surface area (Å²) >= 11 is 0. The van der Waals surface area contributed by atoms with Crippen LogP contribution < -0.4 is 0 Å². The quantitative estimate of drug-likeness (QED) is 0.567. The molecule has 5 rings (SSSR count). The average Bonchev–Trinajstić information content (AvgIpc) is 3.10. The maximum Gasteiger partial charge on any atom is 0.133 e. The Morgan fingerprint density at radius 3 is 2.52 bits per heavy atom. The van der Waals surface area contributed by atoms with Gasteiger partial charge in [-0.05, 0) is 80.5 Å². The molecule has 0 aromatic heterocycles. The number of hydrogen-bond donors (Lipinski definition) is 0. The number of hydrogen-bond acceptors (Lipinski definition) is 2. The smallest absolute Gasteiger partial charge is 0.133 e. The predicted molar refractivity (Wildman–Crippen MR) is 98.9 cm³/mol. The van der Waals surface area contributed by atoms with Crippen LogP contribution in [0.4, 0.5) is 0 Å². The van der Waals surface area contributed by atoms with E-state index in [4.69, 9.17) is 4.74 Å². The highest BCUT2D eigenvalue weighted by Gasteiger charge is 2.66. The van der Waals surface area contributed by atoms with Gasteiger partial charge in [0.25, 0.3) is 0 Å². The van der Waals surface area contributed by atoms with Gasteiger partial charge < -0.3 is 4.74 Å². The lowest BCUT2D eigenvalue weighted by Crippen LogP contribution is -2.56. The van der Waals surface area contributed by atoms with Gasteiger partial charge >= 0.3 is 0 Å². The molecule has 0 N–H and O–H groups in total. The monoisotopic (exact) mass is 342 g/mol. The van der Waals surface area contributed by atoms with E-state index in [1.54, 1.807) is 0 Å². The van der Waals surface area contributed by atoms with Crippen molar-refractivity contribution in [2.75, 3.05) is 0 Å². The molecule has 0 amide bonds. The fourth-order valence-electron chi connectivity index (χ4n) is 8.44. The molecule has 7 atom stereocenters. The van der Waals surface area contributed by atoms with Gasteiger partial charge in [-0.25, -0.2) is 0 Å². The van der Waals surface area contributed by atoms with Crippen LogP contribution in [-0.4, -0.2) is 11.4 Å². The Morgan fingerprint density at radius 1 is 0.960 bits per heavy atom.